The van der Waals surface area contributed by atoms with Crippen molar-refractivity contribution >= 4 is 38.6 Å². The third-order valence-electron chi connectivity index (χ3n) is 9.81. The van der Waals surface area contributed by atoms with Crippen LogP contribution in [-0.4, -0.2) is 0 Å². The molecule has 220 valence electrons. The first-order valence-corrected chi connectivity index (χ1v) is 16.2. The quantitative estimate of drug-likeness (QED) is 0.197. The van der Waals surface area contributed by atoms with Crippen molar-refractivity contribution in [3.63, 3.8) is 0 Å². The molecule has 0 fully saturated rings. The van der Waals surface area contributed by atoms with Gasteiger partial charge in [-0.2, -0.15) is 0 Å². The van der Waals surface area contributed by atoms with Crippen molar-refractivity contribution in [2.75, 3.05) is 4.90 Å². The van der Waals surface area contributed by atoms with E-state index in [1.54, 1.807) is 0 Å². The molecule has 1 heterocycles. The number of para-hydroxylation sites is 1. The fourth-order valence-corrected chi connectivity index (χ4v) is 7.52. The van der Waals surface area contributed by atoms with Crippen LogP contribution in [0.4, 0.5) is 17.1 Å². The summed E-state index contributed by atoms with van der Waals surface area (Å²) in [6, 6.07) is 57.1. The van der Waals surface area contributed by atoms with Gasteiger partial charge in [-0.1, -0.05) is 121 Å². The fraction of sp³-hybridized carbons (Fsp3) is 0.0909. The van der Waals surface area contributed by atoms with Gasteiger partial charge in [0, 0.05) is 34.2 Å². The molecule has 0 saturated carbocycles. The summed E-state index contributed by atoms with van der Waals surface area (Å²) >= 11 is 0. The maximum atomic E-state index is 6.30. The van der Waals surface area contributed by atoms with Crippen LogP contribution in [-0.2, 0) is 0 Å². The van der Waals surface area contributed by atoms with Gasteiger partial charge in [-0.25, -0.2) is 0 Å². The van der Waals surface area contributed by atoms with Gasteiger partial charge in [-0.15, -0.1) is 0 Å². The third-order valence-corrected chi connectivity index (χ3v) is 9.81. The van der Waals surface area contributed by atoms with Crippen LogP contribution in [0.1, 0.15) is 35.8 Å². The molecule has 2 heteroatoms. The minimum absolute atomic E-state index is 0.348. The molecule has 2 aliphatic rings. The van der Waals surface area contributed by atoms with E-state index in [0.717, 1.165) is 35.7 Å². The lowest BCUT2D eigenvalue weighted by Gasteiger charge is -2.28. The average molecular weight is 592 g/mol. The molecule has 2 atom stereocenters. The molecule has 0 N–H and O–H groups in total. The highest BCUT2D eigenvalue weighted by atomic mass is 16.5. The van der Waals surface area contributed by atoms with E-state index < -0.39 is 0 Å². The van der Waals surface area contributed by atoms with E-state index in [9.17, 15) is 0 Å². The SMILES string of the molecule is C1=C2Oc3ccccc3C2CCC1c1ccc(N(c2ccc(-c3cccc4ccccc34)cc2)c2cccc3ccccc23)cc1. The number of hydrogen-bond acceptors (Lipinski definition) is 2. The molecule has 46 heavy (non-hydrogen) atoms. The molecule has 0 aromatic heterocycles. The van der Waals surface area contributed by atoms with Crippen LogP contribution >= 0.6 is 0 Å². The number of ether oxygens (including phenoxy) is 1. The zero-order valence-corrected chi connectivity index (χ0v) is 25.5. The number of anilines is 3. The van der Waals surface area contributed by atoms with Gasteiger partial charge in [0.1, 0.15) is 11.5 Å². The first kappa shape index (κ1) is 26.8. The van der Waals surface area contributed by atoms with Gasteiger partial charge in [-0.3, -0.25) is 0 Å². The summed E-state index contributed by atoms with van der Waals surface area (Å²) < 4.78 is 6.30. The Balaban J connectivity index is 1.09. The molecule has 1 aliphatic carbocycles. The van der Waals surface area contributed by atoms with E-state index in [-0.39, 0.29) is 0 Å². The highest BCUT2D eigenvalue weighted by Gasteiger charge is 2.33. The first-order chi connectivity index (χ1) is 22.8. The second-order valence-electron chi connectivity index (χ2n) is 12.4. The van der Waals surface area contributed by atoms with Gasteiger partial charge in [0.2, 0.25) is 0 Å². The molecule has 2 nitrogen and oxygen atoms in total. The predicted octanol–water partition coefficient (Wildman–Crippen LogP) is 12.1. The van der Waals surface area contributed by atoms with Gasteiger partial charge < -0.3 is 9.64 Å². The number of rotatable bonds is 5. The smallest absolute Gasteiger partial charge is 0.130 e. The molecule has 0 spiro atoms. The summed E-state index contributed by atoms with van der Waals surface area (Å²) in [6.07, 6.45) is 4.59. The second-order valence-corrected chi connectivity index (χ2v) is 12.4. The monoisotopic (exact) mass is 591 g/mol. The second kappa shape index (κ2) is 11.1. The Morgan fingerprint density at radius 3 is 1.96 bits per heavy atom. The predicted molar refractivity (Wildman–Crippen MR) is 191 cm³/mol. The molecule has 0 amide bonds. The molecule has 7 aromatic rings. The first-order valence-electron chi connectivity index (χ1n) is 16.2. The van der Waals surface area contributed by atoms with E-state index in [4.69, 9.17) is 4.74 Å². The average Bonchev–Trinajstić information content (AvgIpc) is 3.50. The van der Waals surface area contributed by atoms with Gasteiger partial charge in [-0.05, 0) is 88.2 Å². The number of hydrogen-bond donors (Lipinski definition) is 0. The van der Waals surface area contributed by atoms with Crippen molar-refractivity contribution in [2.45, 2.75) is 24.7 Å². The summed E-state index contributed by atoms with van der Waals surface area (Å²) in [4.78, 5) is 2.39. The van der Waals surface area contributed by atoms with Crippen LogP contribution in [0.25, 0.3) is 32.7 Å². The topological polar surface area (TPSA) is 12.5 Å². The third kappa shape index (κ3) is 4.57. The molecular weight excluding hydrogens is 558 g/mol. The molecule has 7 aromatic carbocycles. The minimum Gasteiger partial charge on any atom is -0.461 e. The summed E-state index contributed by atoms with van der Waals surface area (Å²) in [5.41, 5.74) is 8.58. The van der Waals surface area contributed by atoms with E-state index >= 15 is 0 Å². The largest absolute Gasteiger partial charge is 0.461 e. The van der Waals surface area contributed by atoms with E-state index in [1.807, 2.05) is 0 Å². The van der Waals surface area contributed by atoms with E-state index in [2.05, 4.69) is 169 Å². The van der Waals surface area contributed by atoms with Crippen LogP contribution in [0.5, 0.6) is 5.75 Å². The lowest BCUT2D eigenvalue weighted by atomic mass is 9.81. The maximum Gasteiger partial charge on any atom is 0.130 e. The molecular formula is C44H33NO. The van der Waals surface area contributed by atoms with Crippen molar-refractivity contribution in [1.82, 2.24) is 0 Å². The molecule has 9 rings (SSSR count). The van der Waals surface area contributed by atoms with Crippen LogP contribution in [0.15, 0.2) is 170 Å². The summed E-state index contributed by atoms with van der Waals surface area (Å²) in [6.45, 7) is 0. The van der Waals surface area contributed by atoms with Crippen LogP contribution in [0, 0.1) is 0 Å². The Hall–Kier alpha value is -5.60. The van der Waals surface area contributed by atoms with Gasteiger partial charge >= 0.3 is 0 Å². The van der Waals surface area contributed by atoms with Crippen LogP contribution < -0.4 is 9.64 Å². The number of fused-ring (bicyclic) bond motifs is 5. The van der Waals surface area contributed by atoms with E-state index in [0.29, 0.717) is 11.8 Å². The van der Waals surface area contributed by atoms with Crippen LogP contribution in [0.3, 0.4) is 0 Å². The van der Waals surface area contributed by atoms with Crippen molar-refractivity contribution in [2.24, 2.45) is 0 Å². The minimum atomic E-state index is 0.348. The van der Waals surface area contributed by atoms with Gasteiger partial charge in [0.15, 0.2) is 0 Å². The number of allylic oxidation sites excluding steroid dienone is 2. The van der Waals surface area contributed by atoms with E-state index in [1.165, 1.54) is 49.5 Å². The van der Waals surface area contributed by atoms with Crippen molar-refractivity contribution in [3.05, 3.63) is 181 Å². The highest BCUT2D eigenvalue weighted by molar-refractivity contribution is 6.00. The Labute approximate surface area is 269 Å². The van der Waals surface area contributed by atoms with Crippen molar-refractivity contribution in [1.29, 1.82) is 0 Å². The number of benzene rings is 7. The molecule has 1 aliphatic heterocycles. The van der Waals surface area contributed by atoms with Crippen molar-refractivity contribution < 1.29 is 4.74 Å². The van der Waals surface area contributed by atoms with Gasteiger partial charge in [0.25, 0.3) is 0 Å². The fourth-order valence-electron chi connectivity index (χ4n) is 7.52. The summed E-state index contributed by atoms with van der Waals surface area (Å²) in [7, 11) is 0. The Morgan fingerprint density at radius 1 is 0.522 bits per heavy atom. The highest BCUT2D eigenvalue weighted by Crippen LogP contribution is 2.49. The van der Waals surface area contributed by atoms with Gasteiger partial charge in [0.05, 0.1) is 5.69 Å². The molecule has 0 radical (unpaired) electrons. The number of nitrogens with zero attached hydrogens (tertiary/aromatic N) is 1. The van der Waals surface area contributed by atoms with Crippen LogP contribution in [0.2, 0.25) is 0 Å². The maximum absolute atomic E-state index is 6.30. The lowest BCUT2D eigenvalue weighted by Crippen LogP contribution is -2.12. The summed E-state index contributed by atoms with van der Waals surface area (Å²) in [5, 5.41) is 4.99. The molecule has 2 unspecified atom stereocenters. The Bertz CT molecular complexity index is 2240. The molecule has 0 bridgehead atoms. The zero-order valence-electron chi connectivity index (χ0n) is 25.5. The lowest BCUT2D eigenvalue weighted by molar-refractivity contribution is 0.395. The summed E-state index contributed by atoms with van der Waals surface area (Å²) in [5.74, 6) is 2.88. The zero-order chi connectivity index (χ0) is 30.5. The van der Waals surface area contributed by atoms with Crippen molar-refractivity contribution in [3.8, 4) is 16.9 Å². The Morgan fingerprint density at radius 2 is 1.15 bits per heavy atom. The Kier molecular flexibility index (Phi) is 6.45. The molecule has 0 saturated heterocycles. The normalized spacial score (nSPS) is 16.8. The standard InChI is InChI=1S/C44H33NO/c1-3-13-37-31(9-1)11-7-16-38(37)33-21-26-36(27-22-33)45(42-17-8-12-32-10-2-4-14-39(32)42)35-24-19-30(20-25-35)34-23-28-41-40-15-5-6-18-43(40)46-44(41)29-34/h1-22,24-27,29,34,41H,23,28H2.